The van der Waals surface area contributed by atoms with Crippen molar-refractivity contribution in [1.82, 2.24) is 25.2 Å². The number of nitrogens with zero attached hydrogens (tertiary/aromatic N) is 4. The first-order chi connectivity index (χ1) is 8.86. The highest BCUT2D eigenvalue weighted by atomic mass is 15.4. The summed E-state index contributed by atoms with van der Waals surface area (Å²) in [6.45, 7) is 11.9. The molecule has 1 aromatic heterocycles. The summed E-state index contributed by atoms with van der Waals surface area (Å²) in [6.07, 6.45) is 3.26. The summed E-state index contributed by atoms with van der Waals surface area (Å²) in [7, 11) is 2.20. The highest BCUT2D eigenvalue weighted by Gasteiger charge is 2.24. The largest absolute Gasteiger partial charge is 0.308 e. The second kappa shape index (κ2) is 5.59. The molecule has 2 unspecified atom stereocenters. The standard InChI is InChI=1S/C14H27N5/c1-11-9-18(5)7-6-13(11)15-8-12-10-19(17-16-12)14(2,3)4/h10-11,13,15H,6-9H2,1-5H3. The molecule has 0 aliphatic carbocycles. The normalized spacial score (nSPS) is 25.7. The first-order valence-corrected chi connectivity index (χ1v) is 7.20. The lowest BCUT2D eigenvalue weighted by Crippen LogP contribution is -2.46. The molecule has 1 aliphatic heterocycles. The van der Waals surface area contributed by atoms with Crippen LogP contribution in [-0.4, -0.2) is 46.1 Å². The summed E-state index contributed by atoms with van der Waals surface area (Å²) in [5.74, 6) is 0.691. The average Bonchev–Trinajstić information content (AvgIpc) is 2.76. The third-order valence-electron chi connectivity index (χ3n) is 3.88. The van der Waals surface area contributed by atoms with Crippen LogP contribution in [0.25, 0.3) is 0 Å². The molecule has 0 aromatic carbocycles. The van der Waals surface area contributed by atoms with Gasteiger partial charge in [0, 0.05) is 19.1 Å². The molecule has 5 nitrogen and oxygen atoms in total. The van der Waals surface area contributed by atoms with Gasteiger partial charge in [0.15, 0.2) is 0 Å². The van der Waals surface area contributed by atoms with E-state index in [9.17, 15) is 0 Å². The Hall–Kier alpha value is -0.940. The Morgan fingerprint density at radius 1 is 1.42 bits per heavy atom. The molecular weight excluding hydrogens is 238 g/mol. The third-order valence-corrected chi connectivity index (χ3v) is 3.88. The highest BCUT2D eigenvalue weighted by molar-refractivity contribution is 4.95. The zero-order chi connectivity index (χ0) is 14.0. The Bertz CT molecular complexity index is 406. The van der Waals surface area contributed by atoms with Gasteiger partial charge in [-0.05, 0) is 46.7 Å². The lowest BCUT2D eigenvalue weighted by molar-refractivity contribution is 0.174. The monoisotopic (exact) mass is 265 g/mol. The van der Waals surface area contributed by atoms with Crippen LogP contribution in [0.15, 0.2) is 6.20 Å². The predicted molar refractivity (Wildman–Crippen MR) is 76.9 cm³/mol. The fourth-order valence-electron chi connectivity index (χ4n) is 2.60. The van der Waals surface area contributed by atoms with Crippen LogP contribution >= 0.6 is 0 Å². The molecule has 1 fully saturated rings. The second-order valence-corrected chi connectivity index (χ2v) is 6.84. The zero-order valence-corrected chi connectivity index (χ0v) is 12.8. The predicted octanol–water partition coefficient (Wildman–Crippen LogP) is 1.46. The van der Waals surface area contributed by atoms with E-state index >= 15 is 0 Å². The van der Waals surface area contributed by atoms with Crippen molar-refractivity contribution in [2.45, 2.75) is 52.2 Å². The number of rotatable bonds is 3. The molecule has 0 amide bonds. The van der Waals surface area contributed by atoms with Gasteiger partial charge in [-0.3, -0.25) is 0 Å². The van der Waals surface area contributed by atoms with E-state index in [-0.39, 0.29) is 5.54 Å². The molecule has 0 bridgehead atoms. The van der Waals surface area contributed by atoms with Gasteiger partial charge in [0.1, 0.15) is 0 Å². The van der Waals surface area contributed by atoms with Gasteiger partial charge in [0.05, 0.1) is 17.4 Å². The van der Waals surface area contributed by atoms with E-state index in [1.807, 2.05) is 10.9 Å². The minimum atomic E-state index is 0.00604. The Balaban J connectivity index is 1.87. The third kappa shape index (κ3) is 3.76. The minimum absolute atomic E-state index is 0.00604. The van der Waals surface area contributed by atoms with E-state index in [2.05, 4.69) is 55.3 Å². The first-order valence-electron chi connectivity index (χ1n) is 7.20. The van der Waals surface area contributed by atoms with Crippen molar-refractivity contribution in [2.24, 2.45) is 5.92 Å². The van der Waals surface area contributed by atoms with Crippen LogP contribution in [0.3, 0.4) is 0 Å². The molecule has 1 N–H and O–H groups in total. The van der Waals surface area contributed by atoms with Crippen LogP contribution in [0.2, 0.25) is 0 Å². The van der Waals surface area contributed by atoms with Crippen LogP contribution < -0.4 is 5.32 Å². The summed E-state index contributed by atoms with van der Waals surface area (Å²) < 4.78 is 1.93. The lowest BCUT2D eigenvalue weighted by atomic mass is 9.94. The van der Waals surface area contributed by atoms with Gasteiger partial charge in [0.2, 0.25) is 0 Å². The van der Waals surface area contributed by atoms with Gasteiger partial charge in [-0.25, -0.2) is 4.68 Å². The molecule has 1 aromatic rings. The molecule has 0 saturated carbocycles. The van der Waals surface area contributed by atoms with Crippen LogP contribution in [0.1, 0.15) is 39.8 Å². The van der Waals surface area contributed by atoms with Crippen molar-refractivity contribution in [3.05, 3.63) is 11.9 Å². The average molecular weight is 265 g/mol. The Kier molecular flexibility index (Phi) is 4.26. The quantitative estimate of drug-likeness (QED) is 0.899. The maximum Gasteiger partial charge on any atom is 0.0965 e. The second-order valence-electron chi connectivity index (χ2n) is 6.84. The van der Waals surface area contributed by atoms with Gasteiger partial charge in [-0.2, -0.15) is 0 Å². The molecule has 5 heteroatoms. The van der Waals surface area contributed by atoms with Crippen molar-refractivity contribution in [1.29, 1.82) is 0 Å². The first kappa shape index (κ1) is 14.5. The van der Waals surface area contributed by atoms with Gasteiger partial charge < -0.3 is 10.2 Å². The maximum atomic E-state index is 4.25. The SMILES string of the molecule is CC1CN(C)CCC1NCc1cn(C(C)(C)C)nn1. The van der Waals surface area contributed by atoms with Crippen LogP contribution in [0.5, 0.6) is 0 Å². The molecule has 0 spiro atoms. The lowest BCUT2D eigenvalue weighted by Gasteiger charge is -2.35. The topological polar surface area (TPSA) is 46.0 Å². The number of nitrogens with one attached hydrogen (secondary N) is 1. The number of aromatic nitrogens is 3. The zero-order valence-electron chi connectivity index (χ0n) is 12.8. The molecular formula is C14H27N5. The molecule has 108 valence electrons. The van der Waals surface area contributed by atoms with Gasteiger partial charge >= 0.3 is 0 Å². The Morgan fingerprint density at radius 3 is 2.74 bits per heavy atom. The van der Waals surface area contributed by atoms with Crippen molar-refractivity contribution in [2.75, 3.05) is 20.1 Å². The van der Waals surface area contributed by atoms with Gasteiger partial charge in [-0.15, -0.1) is 5.10 Å². The van der Waals surface area contributed by atoms with E-state index in [0.29, 0.717) is 12.0 Å². The molecule has 19 heavy (non-hydrogen) atoms. The molecule has 1 saturated heterocycles. The number of hydrogen-bond donors (Lipinski definition) is 1. The van der Waals surface area contributed by atoms with E-state index in [0.717, 1.165) is 12.2 Å². The van der Waals surface area contributed by atoms with Crippen LogP contribution in [0, 0.1) is 5.92 Å². The van der Waals surface area contributed by atoms with E-state index in [1.54, 1.807) is 0 Å². The van der Waals surface area contributed by atoms with Gasteiger partial charge in [-0.1, -0.05) is 12.1 Å². The molecule has 2 rings (SSSR count). The molecule has 2 heterocycles. The Labute approximate surface area is 116 Å². The number of likely N-dealkylation sites (tertiary alicyclic amines) is 1. The minimum Gasteiger partial charge on any atom is -0.308 e. The van der Waals surface area contributed by atoms with E-state index in [1.165, 1.54) is 19.5 Å². The smallest absolute Gasteiger partial charge is 0.0965 e. The summed E-state index contributed by atoms with van der Waals surface area (Å²) in [5, 5.41) is 12.1. The van der Waals surface area contributed by atoms with E-state index < -0.39 is 0 Å². The van der Waals surface area contributed by atoms with Crippen molar-refractivity contribution < 1.29 is 0 Å². The number of hydrogen-bond acceptors (Lipinski definition) is 4. The molecule has 1 aliphatic rings. The maximum absolute atomic E-state index is 4.25. The molecule has 0 radical (unpaired) electrons. The summed E-state index contributed by atoms with van der Waals surface area (Å²) >= 11 is 0. The van der Waals surface area contributed by atoms with Crippen molar-refractivity contribution in [3.63, 3.8) is 0 Å². The van der Waals surface area contributed by atoms with E-state index in [4.69, 9.17) is 0 Å². The van der Waals surface area contributed by atoms with Crippen molar-refractivity contribution in [3.8, 4) is 0 Å². The fraction of sp³-hybridized carbons (Fsp3) is 0.857. The summed E-state index contributed by atoms with van der Waals surface area (Å²) in [5.41, 5.74) is 1.03. The van der Waals surface area contributed by atoms with Gasteiger partial charge in [0.25, 0.3) is 0 Å². The summed E-state index contributed by atoms with van der Waals surface area (Å²) in [4.78, 5) is 2.40. The fourth-order valence-corrected chi connectivity index (χ4v) is 2.60. The van der Waals surface area contributed by atoms with Crippen LogP contribution in [0.4, 0.5) is 0 Å². The van der Waals surface area contributed by atoms with Crippen molar-refractivity contribution >= 4 is 0 Å². The number of piperidine rings is 1. The Morgan fingerprint density at radius 2 is 2.16 bits per heavy atom. The highest BCUT2D eigenvalue weighted by Crippen LogP contribution is 2.16. The summed E-state index contributed by atoms with van der Waals surface area (Å²) in [6, 6.07) is 0.594. The molecule has 2 atom stereocenters. The van der Waals surface area contributed by atoms with Crippen LogP contribution in [-0.2, 0) is 12.1 Å².